The summed E-state index contributed by atoms with van der Waals surface area (Å²) in [4.78, 5) is 12.5. The molecule has 0 aromatic heterocycles. The van der Waals surface area contributed by atoms with Crippen molar-refractivity contribution in [2.24, 2.45) is 0 Å². The lowest BCUT2D eigenvalue weighted by Gasteiger charge is -2.29. The maximum absolute atomic E-state index is 12.5. The lowest BCUT2D eigenvalue weighted by Crippen LogP contribution is -2.38. The number of amides is 1. The second-order valence-corrected chi connectivity index (χ2v) is 7.58. The van der Waals surface area contributed by atoms with E-state index in [1.54, 1.807) is 19.2 Å². The zero-order valence-corrected chi connectivity index (χ0v) is 18.1. The SMILES string of the molecule is COc1cc(C(=O)NCCNC2CCC(c3ccccc3)CC2)cc(OC)c1OC. The summed E-state index contributed by atoms with van der Waals surface area (Å²) in [5.74, 6) is 1.92. The van der Waals surface area contributed by atoms with E-state index in [1.807, 2.05) is 0 Å². The maximum atomic E-state index is 12.5. The standard InChI is InChI=1S/C24H32N2O4/c1-28-21-15-19(16-22(29-2)23(21)30-3)24(27)26-14-13-25-20-11-9-18(10-12-20)17-7-5-4-6-8-17/h4-8,15-16,18,20,25H,9-14H2,1-3H3,(H,26,27). The Hall–Kier alpha value is -2.73. The minimum absolute atomic E-state index is 0.163. The van der Waals surface area contributed by atoms with Crippen LogP contribution in [-0.2, 0) is 0 Å². The first-order valence-corrected chi connectivity index (χ1v) is 10.5. The minimum atomic E-state index is -0.163. The Balaban J connectivity index is 1.43. The summed E-state index contributed by atoms with van der Waals surface area (Å²) in [5.41, 5.74) is 1.93. The average Bonchev–Trinajstić information content (AvgIpc) is 2.81. The quantitative estimate of drug-likeness (QED) is 0.614. The van der Waals surface area contributed by atoms with Gasteiger partial charge in [0.15, 0.2) is 11.5 Å². The lowest BCUT2D eigenvalue weighted by molar-refractivity contribution is 0.0952. The first-order valence-electron chi connectivity index (χ1n) is 10.5. The van der Waals surface area contributed by atoms with Crippen LogP contribution in [0.2, 0.25) is 0 Å². The smallest absolute Gasteiger partial charge is 0.251 e. The van der Waals surface area contributed by atoms with E-state index in [1.165, 1.54) is 45.5 Å². The van der Waals surface area contributed by atoms with Gasteiger partial charge in [-0.3, -0.25) is 4.79 Å². The topological polar surface area (TPSA) is 68.8 Å². The van der Waals surface area contributed by atoms with Crippen LogP contribution in [0.25, 0.3) is 0 Å². The Labute approximate surface area is 178 Å². The molecule has 30 heavy (non-hydrogen) atoms. The molecule has 3 rings (SSSR count). The number of hydrogen-bond acceptors (Lipinski definition) is 5. The number of nitrogens with one attached hydrogen (secondary N) is 2. The zero-order valence-electron chi connectivity index (χ0n) is 18.1. The summed E-state index contributed by atoms with van der Waals surface area (Å²) >= 11 is 0. The molecule has 1 aliphatic rings. The highest BCUT2D eigenvalue weighted by atomic mass is 16.5. The molecule has 0 heterocycles. The van der Waals surface area contributed by atoms with Crippen LogP contribution in [0.5, 0.6) is 17.2 Å². The largest absolute Gasteiger partial charge is 0.493 e. The van der Waals surface area contributed by atoms with E-state index in [0.717, 1.165) is 6.54 Å². The van der Waals surface area contributed by atoms with E-state index < -0.39 is 0 Å². The van der Waals surface area contributed by atoms with Gasteiger partial charge < -0.3 is 24.8 Å². The van der Waals surface area contributed by atoms with E-state index in [-0.39, 0.29) is 5.91 Å². The molecule has 6 heteroatoms. The van der Waals surface area contributed by atoms with E-state index in [2.05, 4.69) is 41.0 Å². The van der Waals surface area contributed by atoms with Crippen molar-refractivity contribution in [1.29, 1.82) is 0 Å². The van der Waals surface area contributed by atoms with Gasteiger partial charge in [-0.25, -0.2) is 0 Å². The summed E-state index contributed by atoms with van der Waals surface area (Å²) in [6.07, 6.45) is 4.75. The molecular formula is C24H32N2O4. The second kappa shape index (κ2) is 10.9. The van der Waals surface area contributed by atoms with Crippen LogP contribution in [-0.4, -0.2) is 46.4 Å². The van der Waals surface area contributed by atoms with Crippen LogP contribution in [0.15, 0.2) is 42.5 Å². The highest BCUT2D eigenvalue weighted by Crippen LogP contribution is 2.38. The van der Waals surface area contributed by atoms with Gasteiger partial charge in [-0.15, -0.1) is 0 Å². The van der Waals surface area contributed by atoms with Crippen LogP contribution in [0.3, 0.4) is 0 Å². The van der Waals surface area contributed by atoms with Gasteiger partial charge in [-0.2, -0.15) is 0 Å². The summed E-state index contributed by atoms with van der Waals surface area (Å²) in [6, 6.07) is 14.6. The predicted octanol–water partition coefficient (Wildman–Crippen LogP) is 3.76. The van der Waals surface area contributed by atoms with Crippen molar-refractivity contribution in [3.63, 3.8) is 0 Å². The van der Waals surface area contributed by atoms with Gasteiger partial charge in [0.05, 0.1) is 21.3 Å². The van der Waals surface area contributed by atoms with Crippen molar-refractivity contribution in [2.45, 2.75) is 37.6 Å². The molecule has 162 valence electrons. The number of carbonyl (C=O) groups is 1. The van der Waals surface area contributed by atoms with Crippen molar-refractivity contribution in [1.82, 2.24) is 10.6 Å². The molecule has 2 aromatic rings. The van der Waals surface area contributed by atoms with Gasteiger partial charge in [0.2, 0.25) is 5.75 Å². The molecule has 0 atom stereocenters. The fourth-order valence-corrected chi connectivity index (χ4v) is 4.12. The summed E-state index contributed by atoms with van der Waals surface area (Å²) < 4.78 is 15.9. The normalized spacial score (nSPS) is 18.5. The highest BCUT2D eigenvalue weighted by molar-refractivity contribution is 5.95. The molecule has 2 N–H and O–H groups in total. The molecule has 2 aromatic carbocycles. The number of ether oxygens (including phenoxy) is 3. The van der Waals surface area contributed by atoms with Gasteiger partial charge in [-0.1, -0.05) is 30.3 Å². The van der Waals surface area contributed by atoms with Gasteiger partial charge in [0.1, 0.15) is 0 Å². The molecule has 1 saturated carbocycles. The van der Waals surface area contributed by atoms with Gasteiger partial charge in [0, 0.05) is 24.7 Å². The van der Waals surface area contributed by atoms with Crippen molar-refractivity contribution in [3.05, 3.63) is 53.6 Å². The Morgan fingerprint density at radius 2 is 1.53 bits per heavy atom. The molecular weight excluding hydrogens is 380 g/mol. The number of rotatable bonds is 9. The van der Waals surface area contributed by atoms with Crippen molar-refractivity contribution >= 4 is 5.91 Å². The highest BCUT2D eigenvalue weighted by Gasteiger charge is 2.22. The molecule has 0 spiro atoms. The number of carbonyl (C=O) groups excluding carboxylic acids is 1. The first-order chi connectivity index (χ1) is 14.7. The van der Waals surface area contributed by atoms with E-state index in [4.69, 9.17) is 14.2 Å². The molecule has 0 radical (unpaired) electrons. The summed E-state index contributed by atoms with van der Waals surface area (Å²) in [6.45, 7) is 1.31. The maximum Gasteiger partial charge on any atom is 0.251 e. The summed E-state index contributed by atoms with van der Waals surface area (Å²) in [7, 11) is 4.62. The fourth-order valence-electron chi connectivity index (χ4n) is 4.12. The monoisotopic (exact) mass is 412 g/mol. The molecule has 1 fully saturated rings. The van der Waals surface area contributed by atoms with Crippen LogP contribution in [0.4, 0.5) is 0 Å². The number of hydrogen-bond donors (Lipinski definition) is 2. The van der Waals surface area contributed by atoms with Gasteiger partial charge in [-0.05, 0) is 49.3 Å². The Morgan fingerprint density at radius 1 is 0.900 bits per heavy atom. The molecule has 0 aliphatic heterocycles. The predicted molar refractivity (Wildman–Crippen MR) is 118 cm³/mol. The third-order valence-electron chi connectivity index (χ3n) is 5.77. The van der Waals surface area contributed by atoms with Crippen molar-refractivity contribution in [2.75, 3.05) is 34.4 Å². The van der Waals surface area contributed by atoms with Crippen LogP contribution in [0, 0.1) is 0 Å². The fraction of sp³-hybridized carbons (Fsp3) is 0.458. The molecule has 0 bridgehead atoms. The minimum Gasteiger partial charge on any atom is -0.493 e. The summed E-state index contributed by atoms with van der Waals surface area (Å²) in [5, 5.41) is 6.54. The Bertz CT molecular complexity index is 792. The van der Waals surface area contributed by atoms with E-state index >= 15 is 0 Å². The van der Waals surface area contributed by atoms with Crippen LogP contribution in [0.1, 0.15) is 47.5 Å². The number of methoxy groups -OCH3 is 3. The van der Waals surface area contributed by atoms with E-state index in [9.17, 15) is 4.79 Å². The lowest BCUT2D eigenvalue weighted by atomic mass is 9.82. The number of benzene rings is 2. The van der Waals surface area contributed by atoms with E-state index in [0.29, 0.717) is 41.3 Å². The first kappa shape index (κ1) is 22.0. The Kier molecular flexibility index (Phi) is 7.97. The molecule has 1 aliphatic carbocycles. The third kappa shape index (κ3) is 5.45. The van der Waals surface area contributed by atoms with Crippen LogP contribution < -0.4 is 24.8 Å². The Morgan fingerprint density at radius 3 is 2.10 bits per heavy atom. The molecule has 1 amide bonds. The van der Waals surface area contributed by atoms with Gasteiger partial charge >= 0.3 is 0 Å². The third-order valence-corrected chi connectivity index (χ3v) is 5.77. The second-order valence-electron chi connectivity index (χ2n) is 7.58. The molecule has 0 saturated heterocycles. The van der Waals surface area contributed by atoms with Crippen LogP contribution >= 0.6 is 0 Å². The average molecular weight is 413 g/mol. The molecule has 6 nitrogen and oxygen atoms in total. The zero-order chi connectivity index (χ0) is 21.3. The van der Waals surface area contributed by atoms with Crippen molar-refractivity contribution in [3.8, 4) is 17.2 Å². The van der Waals surface area contributed by atoms with Gasteiger partial charge in [0.25, 0.3) is 5.91 Å². The molecule has 0 unspecified atom stereocenters. The van der Waals surface area contributed by atoms with Crippen molar-refractivity contribution < 1.29 is 19.0 Å².